The predicted octanol–water partition coefficient (Wildman–Crippen LogP) is 3.31. The molecule has 3 rings (SSSR count). The molecule has 0 saturated carbocycles. The van der Waals surface area contributed by atoms with Gasteiger partial charge in [0.05, 0.1) is 22.4 Å². The molecule has 0 unspecified atom stereocenters. The molecule has 2 heterocycles. The quantitative estimate of drug-likeness (QED) is 0.940. The summed E-state index contributed by atoms with van der Waals surface area (Å²) in [5.74, 6) is 0. The zero-order valence-electron chi connectivity index (χ0n) is 11.6. The van der Waals surface area contributed by atoms with Crippen molar-refractivity contribution in [2.45, 2.75) is 32.2 Å². The Bertz CT molecular complexity index is 578. The molecule has 20 heavy (non-hydrogen) atoms. The molecule has 2 aromatic rings. The van der Waals surface area contributed by atoms with E-state index in [1.165, 1.54) is 18.1 Å². The second kappa shape index (κ2) is 6.24. The lowest BCUT2D eigenvalue weighted by Crippen LogP contribution is -2.42. The molecule has 4 nitrogen and oxygen atoms in total. The maximum Gasteiger partial charge on any atom is 0.129 e. The SMILES string of the molecule is CCCNC1CCN(c2c(Cl)ccc3nsnc23)CC1. The van der Waals surface area contributed by atoms with Crippen LogP contribution in [0.4, 0.5) is 5.69 Å². The van der Waals surface area contributed by atoms with E-state index in [0.717, 1.165) is 54.2 Å². The Morgan fingerprint density at radius 2 is 2.15 bits per heavy atom. The van der Waals surface area contributed by atoms with Gasteiger partial charge in [0.1, 0.15) is 11.0 Å². The zero-order chi connectivity index (χ0) is 13.9. The minimum Gasteiger partial charge on any atom is -0.368 e. The number of aromatic nitrogens is 2. The van der Waals surface area contributed by atoms with E-state index in [1.807, 2.05) is 12.1 Å². The number of benzene rings is 1. The topological polar surface area (TPSA) is 41.0 Å². The molecule has 1 aromatic heterocycles. The molecular formula is C14H19ClN4S. The van der Waals surface area contributed by atoms with Gasteiger partial charge in [0.15, 0.2) is 0 Å². The molecule has 0 spiro atoms. The highest BCUT2D eigenvalue weighted by molar-refractivity contribution is 7.00. The van der Waals surface area contributed by atoms with Gasteiger partial charge in [0.25, 0.3) is 0 Å². The summed E-state index contributed by atoms with van der Waals surface area (Å²) in [4.78, 5) is 2.36. The molecule has 0 radical (unpaired) electrons. The molecule has 1 aliphatic heterocycles. The maximum atomic E-state index is 6.39. The van der Waals surface area contributed by atoms with Crippen LogP contribution in [-0.4, -0.2) is 34.4 Å². The van der Waals surface area contributed by atoms with Crippen LogP contribution >= 0.6 is 23.3 Å². The Morgan fingerprint density at radius 3 is 2.90 bits per heavy atom. The number of piperidine rings is 1. The van der Waals surface area contributed by atoms with E-state index in [0.29, 0.717) is 6.04 Å². The second-order valence-corrected chi connectivity index (χ2v) is 6.18. The lowest BCUT2D eigenvalue weighted by atomic mass is 10.0. The minimum atomic E-state index is 0.637. The number of hydrogen-bond acceptors (Lipinski definition) is 5. The molecule has 6 heteroatoms. The third kappa shape index (κ3) is 2.75. The predicted molar refractivity (Wildman–Crippen MR) is 86.0 cm³/mol. The molecule has 0 atom stereocenters. The lowest BCUT2D eigenvalue weighted by molar-refractivity contribution is 0.416. The molecule has 1 fully saturated rings. The third-order valence-corrected chi connectivity index (χ3v) is 4.69. The lowest BCUT2D eigenvalue weighted by Gasteiger charge is -2.34. The van der Waals surface area contributed by atoms with Gasteiger partial charge < -0.3 is 10.2 Å². The summed E-state index contributed by atoms with van der Waals surface area (Å²) in [6.45, 7) is 5.37. The molecule has 0 bridgehead atoms. The van der Waals surface area contributed by atoms with E-state index >= 15 is 0 Å². The monoisotopic (exact) mass is 310 g/mol. The summed E-state index contributed by atoms with van der Waals surface area (Å²) in [6, 6.07) is 4.51. The van der Waals surface area contributed by atoms with E-state index in [-0.39, 0.29) is 0 Å². The van der Waals surface area contributed by atoms with Gasteiger partial charge in [0, 0.05) is 19.1 Å². The number of anilines is 1. The van der Waals surface area contributed by atoms with E-state index in [9.17, 15) is 0 Å². The van der Waals surface area contributed by atoms with Crippen LogP contribution in [0.5, 0.6) is 0 Å². The Kier molecular flexibility index (Phi) is 4.38. The summed E-state index contributed by atoms with van der Waals surface area (Å²) in [5.41, 5.74) is 2.95. The van der Waals surface area contributed by atoms with E-state index < -0.39 is 0 Å². The molecule has 108 valence electrons. The van der Waals surface area contributed by atoms with Crippen LogP contribution in [0.1, 0.15) is 26.2 Å². The Hall–Kier alpha value is -0.910. The van der Waals surface area contributed by atoms with E-state index in [2.05, 4.69) is 25.9 Å². The van der Waals surface area contributed by atoms with Gasteiger partial charge in [-0.15, -0.1) is 0 Å². The summed E-state index contributed by atoms with van der Waals surface area (Å²) in [6.07, 6.45) is 3.50. The fourth-order valence-corrected chi connectivity index (χ4v) is 3.58. The maximum absolute atomic E-state index is 6.39. The van der Waals surface area contributed by atoms with Crippen LogP contribution < -0.4 is 10.2 Å². The van der Waals surface area contributed by atoms with Crippen molar-refractivity contribution >= 4 is 40.0 Å². The fraction of sp³-hybridized carbons (Fsp3) is 0.571. The van der Waals surface area contributed by atoms with Crippen molar-refractivity contribution in [3.63, 3.8) is 0 Å². The second-order valence-electron chi connectivity index (χ2n) is 5.24. The van der Waals surface area contributed by atoms with Gasteiger partial charge in [0.2, 0.25) is 0 Å². The number of hydrogen-bond donors (Lipinski definition) is 1. The molecule has 1 saturated heterocycles. The van der Waals surface area contributed by atoms with Gasteiger partial charge in [-0.05, 0) is 37.9 Å². The van der Waals surface area contributed by atoms with Crippen molar-refractivity contribution in [3.8, 4) is 0 Å². The fourth-order valence-electron chi connectivity index (χ4n) is 2.77. The van der Waals surface area contributed by atoms with Crippen LogP contribution in [-0.2, 0) is 0 Å². The highest BCUT2D eigenvalue weighted by Gasteiger charge is 2.23. The van der Waals surface area contributed by atoms with Gasteiger partial charge in [-0.3, -0.25) is 0 Å². The summed E-state index contributed by atoms with van der Waals surface area (Å²) in [5, 5.41) is 4.39. The highest BCUT2D eigenvalue weighted by Crippen LogP contribution is 2.34. The van der Waals surface area contributed by atoms with Crippen molar-refractivity contribution in [3.05, 3.63) is 17.2 Å². The largest absolute Gasteiger partial charge is 0.368 e. The number of rotatable bonds is 4. The van der Waals surface area contributed by atoms with Gasteiger partial charge in [-0.2, -0.15) is 8.75 Å². The van der Waals surface area contributed by atoms with Crippen LogP contribution in [0.15, 0.2) is 12.1 Å². The van der Waals surface area contributed by atoms with Gasteiger partial charge >= 0.3 is 0 Å². The van der Waals surface area contributed by atoms with Crippen molar-refractivity contribution in [2.24, 2.45) is 0 Å². The van der Waals surface area contributed by atoms with Crippen molar-refractivity contribution in [1.29, 1.82) is 0 Å². The summed E-state index contributed by atoms with van der Waals surface area (Å²) in [7, 11) is 0. The first-order chi connectivity index (χ1) is 9.79. The first kappa shape index (κ1) is 14.0. The number of nitrogens with zero attached hydrogens (tertiary/aromatic N) is 3. The van der Waals surface area contributed by atoms with Crippen LogP contribution in [0.3, 0.4) is 0 Å². The normalized spacial score (nSPS) is 17.0. The molecule has 0 amide bonds. The first-order valence-electron chi connectivity index (χ1n) is 7.18. The first-order valence-corrected chi connectivity index (χ1v) is 8.29. The van der Waals surface area contributed by atoms with Gasteiger partial charge in [-0.25, -0.2) is 0 Å². The Balaban J connectivity index is 1.76. The van der Waals surface area contributed by atoms with E-state index in [1.54, 1.807) is 0 Å². The number of halogens is 1. The molecular weight excluding hydrogens is 292 g/mol. The average Bonchev–Trinajstić information content (AvgIpc) is 2.94. The molecule has 0 aliphatic carbocycles. The van der Waals surface area contributed by atoms with Crippen LogP contribution in [0, 0.1) is 0 Å². The standard InChI is InChI=1S/C14H19ClN4S/c1-2-7-16-10-5-8-19(9-6-10)14-11(15)3-4-12-13(14)18-20-17-12/h3-4,10,16H,2,5-9H2,1H3. The smallest absolute Gasteiger partial charge is 0.129 e. The minimum absolute atomic E-state index is 0.637. The average molecular weight is 311 g/mol. The van der Waals surface area contributed by atoms with Crippen LogP contribution in [0.2, 0.25) is 5.02 Å². The third-order valence-electron chi connectivity index (χ3n) is 3.85. The Labute approximate surface area is 128 Å². The molecule has 1 aromatic carbocycles. The Morgan fingerprint density at radius 1 is 1.35 bits per heavy atom. The van der Waals surface area contributed by atoms with Crippen LogP contribution in [0.25, 0.3) is 11.0 Å². The summed E-state index contributed by atoms with van der Waals surface area (Å²) >= 11 is 7.65. The molecule has 1 N–H and O–H groups in total. The van der Waals surface area contributed by atoms with Crippen molar-refractivity contribution in [1.82, 2.24) is 14.1 Å². The number of nitrogens with one attached hydrogen (secondary N) is 1. The van der Waals surface area contributed by atoms with Crippen molar-refractivity contribution < 1.29 is 0 Å². The summed E-state index contributed by atoms with van der Waals surface area (Å²) < 4.78 is 8.72. The van der Waals surface area contributed by atoms with Crippen molar-refractivity contribution in [2.75, 3.05) is 24.5 Å². The van der Waals surface area contributed by atoms with E-state index in [4.69, 9.17) is 11.6 Å². The highest BCUT2D eigenvalue weighted by atomic mass is 35.5. The van der Waals surface area contributed by atoms with Gasteiger partial charge in [-0.1, -0.05) is 18.5 Å². The molecule has 1 aliphatic rings. The number of fused-ring (bicyclic) bond motifs is 1. The zero-order valence-corrected chi connectivity index (χ0v) is 13.2.